The molecule has 0 fully saturated rings. The molecular weight excluding hydrogens is 408 g/mol. The molecule has 0 bridgehead atoms. The van der Waals surface area contributed by atoms with Crippen LogP contribution in [0.25, 0.3) is 5.70 Å². The molecule has 1 aromatic heterocycles. The number of amidine groups is 1. The minimum atomic E-state index is -0.321. The molecule has 1 atom stereocenters. The van der Waals surface area contributed by atoms with Crippen LogP contribution in [0.5, 0.6) is 0 Å². The average molecular weight is 421 g/mol. The van der Waals surface area contributed by atoms with Crippen molar-refractivity contribution in [3.05, 3.63) is 55.6 Å². The SMILES string of the molecule is CCSC1=NN2C(=c3cc(Br)ccc3=N[C@H]2c2ccsc2)C(=O)N1. The lowest BCUT2D eigenvalue weighted by atomic mass is 10.1. The van der Waals surface area contributed by atoms with Crippen LogP contribution in [0.2, 0.25) is 0 Å². The largest absolute Gasteiger partial charge is 0.298 e. The molecule has 2 aliphatic rings. The van der Waals surface area contributed by atoms with E-state index in [4.69, 9.17) is 4.99 Å². The number of benzene rings is 1. The fraction of sp³-hybridized carbons (Fsp3) is 0.188. The molecule has 5 nitrogen and oxygen atoms in total. The highest BCUT2D eigenvalue weighted by Gasteiger charge is 2.34. The molecule has 24 heavy (non-hydrogen) atoms. The summed E-state index contributed by atoms with van der Waals surface area (Å²) in [5.74, 6) is 0.695. The van der Waals surface area contributed by atoms with E-state index in [9.17, 15) is 4.79 Å². The number of hydrogen-bond donors (Lipinski definition) is 1. The maximum absolute atomic E-state index is 12.8. The van der Waals surface area contributed by atoms with Crippen molar-refractivity contribution in [3.8, 4) is 0 Å². The van der Waals surface area contributed by atoms with E-state index >= 15 is 0 Å². The summed E-state index contributed by atoms with van der Waals surface area (Å²) < 4.78 is 0.906. The van der Waals surface area contributed by atoms with E-state index in [-0.39, 0.29) is 12.1 Å². The number of fused-ring (bicyclic) bond motifs is 2. The Labute approximate surface area is 155 Å². The third-order valence-electron chi connectivity index (χ3n) is 3.69. The highest BCUT2D eigenvalue weighted by molar-refractivity contribution is 9.10. The molecule has 0 aliphatic carbocycles. The van der Waals surface area contributed by atoms with Crippen LogP contribution in [0.1, 0.15) is 18.7 Å². The molecule has 1 aromatic carbocycles. The van der Waals surface area contributed by atoms with Gasteiger partial charge >= 0.3 is 0 Å². The second-order valence-electron chi connectivity index (χ2n) is 5.21. The summed E-state index contributed by atoms with van der Waals surface area (Å²) in [6.07, 6.45) is -0.321. The first kappa shape index (κ1) is 15.9. The van der Waals surface area contributed by atoms with Crippen molar-refractivity contribution in [2.45, 2.75) is 13.1 Å². The van der Waals surface area contributed by atoms with Crippen molar-refractivity contribution < 1.29 is 4.79 Å². The van der Waals surface area contributed by atoms with Crippen LogP contribution in [-0.4, -0.2) is 21.8 Å². The Morgan fingerprint density at radius 3 is 3.04 bits per heavy atom. The summed E-state index contributed by atoms with van der Waals surface area (Å²) in [6.45, 7) is 2.03. The maximum atomic E-state index is 12.8. The first-order chi connectivity index (χ1) is 11.7. The topological polar surface area (TPSA) is 57.1 Å². The zero-order valence-corrected chi connectivity index (χ0v) is 15.9. The molecule has 1 N–H and O–H groups in total. The molecule has 4 rings (SSSR count). The second kappa shape index (κ2) is 6.34. The van der Waals surface area contributed by atoms with E-state index in [1.807, 2.05) is 41.9 Å². The van der Waals surface area contributed by atoms with Gasteiger partial charge in [-0.2, -0.15) is 11.3 Å². The Morgan fingerprint density at radius 2 is 2.29 bits per heavy atom. The van der Waals surface area contributed by atoms with Gasteiger partial charge in [0.05, 0.1) is 5.36 Å². The summed E-state index contributed by atoms with van der Waals surface area (Å²) in [4.78, 5) is 17.6. The van der Waals surface area contributed by atoms with Crippen molar-refractivity contribution in [3.63, 3.8) is 0 Å². The van der Waals surface area contributed by atoms with Gasteiger partial charge in [0, 0.05) is 15.3 Å². The average Bonchev–Trinajstić information content (AvgIpc) is 3.08. The Hall–Kier alpha value is -1.64. The highest BCUT2D eigenvalue weighted by Crippen LogP contribution is 2.31. The van der Waals surface area contributed by atoms with Crippen LogP contribution >= 0.6 is 39.0 Å². The Balaban J connectivity index is 1.98. The summed E-state index contributed by atoms with van der Waals surface area (Å²) in [7, 11) is 0. The summed E-state index contributed by atoms with van der Waals surface area (Å²) in [5.41, 5.74) is 1.57. The predicted octanol–water partition coefficient (Wildman–Crippen LogP) is 2.41. The van der Waals surface area contributed by atoms with Gasteiger partial charge in [-0.05, 0) is 40.8 Å². The van der Waals surface area contributed by atoms with E-state index in [2.05, 4.69) is 26.3 Å². The van der Waals surface area contributed by atoms with Crippen LogP contribution in [0.3, 0.4) is 0 Å². The van der Waals surface area contributed by atoms with Gasteiger partial charge in [-0.25, -0.2) is 5.01 Å². The third-order valence-corrected chi connectivity index (χ3v) is 5.63. The number of amides is 1. The zero-order valence-electron chi connectivity index (χ0n) is 12.7. The first-order valence-corrected chi connectivity index (χ1v) is 10.1. The summed E-state index contributed by atoms with van der Waals surface area (Å²) in [5, 5.41) is 15.5. The van der Waals surface area contributed by atoms with E-state index in [0.29, 0.717) is 10.9 Å². The number of thiophene rings is 1. The Kier molecular flexibility index (Phi) is 4.19. The summed E-state index contributed by atoms with van der Waals surface area (Å²) in [6, 6.07) is 7.80. The number of hydrazone groups is 1. The zero-order chi connectivity index (χ0) is 16.7. The minimum Gasteiger partial charge on any atom is -0.298 e. The molecule has 1 amide bonds. The van der Waals surface area contributed by atoms with Crippen molar-refractivity contribution >= 4 is 55.8 Å². The molecule has 8 heteroatoms. The Morgan fingerprint density at radius 1 is 1.42 bits per heavy atom. The maximum Gasteiger partial charge on any atom is 0.276 e. The lowest BCUT2D eigenvalue weighted by Gasteiger charge is -2.33. The number of carbonyl (C=O) groups is 1. The van der Waals surface area contributed by atoms with E-state index < -0.39 is 0 Å². The van der Waals surface area contributed by atoms with Crippen LogP contribution in [0.15, 0.2) is 49.6 Å². The van der Waals surface area contributed by atoms with Gasteiger partial charge in [-0.15, -0.1) is 5.10 Å². The van der Waals surface area contributed by atoms with Crippen molar-refractivity contribution in [2.75, 3.05) is 5.75 Å². The highest BCUT2D eigenvalue weighted by atomic mass is 79.9. The molecular formula is C16H13BrN4OS2. The van der Waals surface area contributed by atoms with Crippen LogP contribution < -0.4 is 15.9 Å². The molecule has 3 heterocycles. The van der Waals surface area contributed by atoms with Crippen molar-refractivity contribution in [1.82, 2.24) is 10.3 Å². The third kappa shape index (κ3) is 2.68. The van der Waals surface area contributed by atoms with Gasteiger partial charge < -0.3 is 0 Å². The van der Waals surface area contributed by atoms with Gasteiger partial charge in [0.1, 0.15) is 5.70 Å². The fourth-order valence-corrected chi connectivity index (χ4v) is 4.31. The number of hydrogen-bond acceptors (Lipinski definition) is 6. The smallest absolute Gasteiger partial charge is 0.276 e. The molecule has 0 saturated carbocycles. The van der Waals surface area contributed by atoms with Gasteiger partial charge in [-0.1, -0.05) is 34.6 Å². The second-order valence-corrected chi connectivity index (χ2v) is 8.15. The monoisotopic (exact) mass is 420 g/mol. The quantitative estimate of drug-likeness (QED) is 0.811. The normalized spacial score (nSPS) is 19.2. The van der Waals surface area contributed by atoms with Crippen molar-refractivity contribution in [2.24, 2.45) is 10.1 Å². The fourth-order valence-electron chi connectivity index (χ4n) is 2.69. The molecule has 0 spiro atoms. The van der Waals surface area contributed by atoms with Crippen LogP contribution in [0, 0.1) is 0 Å². The van der Waals surface area contributed by atoms with Gasteiger partial charge in [-0.3, -0.25) is 15.1 Å². The molecule has 122 valence electrons. The predicted molar refractivity (Wildman–Crippen MR) is 101 cm³/mol. The Bertz CT molecular complexity index is 955. The molecule has 2 aliphatic heterocycles. The van der Waals surface area contributed by atoms with Gasteiger partial charge in [0.25, 0.3) is 5.91 Å². The van der Waals surface area contributed by atoms with E-state index in [1.54, 1.807) is 16.3 Å². The van der Waals surface area contributed by atoms with E-state index in [1.165, 1.54) is 11.8 Å². The number of carbonyl (C=O) groups excluding carboxylic acids is 1. The molecule has 2 aromatic rings. The van der Waals surface area contributed by atoms with Crippen molar-refractivity contribution in [1.29, 1.82) is 0 Å². The number of nitrogens with zero attached hydrogens (tertiary/aromatic N) is 3. The van der Waals surface area contributed by atoms with Gasteiger partial charge in [0.15, 0.2) is 11.3 Å². The first-order valence-electron chi connectivity index (χ1n) is 7.39. The van der Waals surface area contributed by atoms with Crippen LogP contribution in [-0.2, 0) is 4.79 Å². The van der Waals surface area contributed by atoms with Crippen LogP contribution in [0.4, 0.5) is 0 Å². The number of nitrogens with one attached hydrogen (secondary N) is 1. The standard InChI is InChI=1S/C16H13BrN4OS2/c1-2-24-16-19-15(22)13-11-7-10(17)3-4-12(11)18-14(21(13)20-16)9-5-6-23-8-9/h3-8,14H,2H2,1H3,(H,19,20,22)/t14-/m1/s1. The molecule has 0 unspecified atom stereocenters. The minimum absolute atomic E-state index is 0.143. The van der Waals surface area contributed by atoms with Gasteiger partial charge in [0.2, 0.25) is 0 Å². The number of thioether (sulfide) groups is 1. The summed E-state index contributed by atoms with van der Waals surface area (Å²) >= 11 is 6.59. The van der Waals surface area contributed by atoms with E-state index in [0.717, 1.165) is 26.4 Å². The molecule has 0 radical (unpaired) electrons. The number of halogens is 1. The number of rotatable bonds is 2. The lowest BCUT2D eigenvalue weighted by Crippen LogP contribution is -2.50. The molecule has 0 saturated heterocycles. The lowest BCUT2D eigenvalue weighted by molar-refractivity contribution is -0.116.